The van der Waals surface area contributed by atoms with Crippen molar-refractivity contribution in [2.45, 2.75) is 13.0 Å². The predicted octanol–water partition coefficient (Wildman–Crippen LogP) is 4.62. The third-order valence-electron chi connectivity index (χ3n) is 3.69. The summed E-state index contributed by atoms with van der Waals surface area (Å²) in [6.45, 7) is 1.72. The number of carbonyl (C=O) groups excluding carboxylic acids is 1. The predicted molar refractivity (Wildman–Crippen MR) is 100 cm³/mol. The highest BCUT2D eigenvalue weighted by Crippen LogP contribution is 2.26. The summed E-state index contributed by atoms with van der Waals surface area (Å²) in [7, 11) is 3.89. The zero-order valence-electron chi connectivity index (χ0n) is 14.4. The number of halogens is 1. The Morgan fingerprint density at radius 2 is 1.84 bits per heavy atom. The Morgan fingerprint density at radius 1 is 1.20 bits per heavy atom. The molecule has 0 amide bonds. The SMILES string of the molecule is C[C@H](OC(=O)/C(C#N)=C/c1ccc(N(C)C)cc1)c1ccccc1Cl. The first kappa shape index (κ1) is 18.6. The Morgan fingerprint density at radius 3 is 2.40 bits per heavy atom. The molecule has 2 aromatic rings. The summed E-state index contributed by atoms with van der Waals surface area (Å²) >= 11 is 6.11. The maximum absolute atomic E-state index is 12.3. The molecule has 0 saturated heterocycles. The van der Waals surface area contributed by atoms with Crippen molar-refractivity contribution in [3.05, 3.63) is 70.3 Å². The summed E-state index contributed by atoms with van der Waals surface area (Å²) in [6.07, 6.45) is 0.968. The zero-order chi connectivity index (χ0) is 18.4. The van der Waals surface area contributed by atoms with Crippen molar-refractivity contribution in [2.75, 3.05) is 19.0 Å². The molecule has 0 saturated carbocycles. The van der Waals surface area contributed by atoms with E-state index in [1.807, 2.05) is 55.4 Å². The highest BCUT2D eigenvalue weighted by Gasteiger charge is 2.17. The number of ether oxygens (including phenoxy) is 1. The molecule has 5 heteroatoms. The summed E-state index contributed by atoms with van der Waals surface area (Å²) in [4.78, 5) is 14.3. The van der Waals surface area contributed by atoms with Crippen LogP contribution < -0.4 is 4.90 Å². The van der Waals surface area contributed by atoms with Crippen molar-refractivity contribution in [2.24, 2.45) is 0 Å². The van der Waals surface area contributed by atoms with Gasteiger partial charge in [-0.2, -0.15) is 5.26 Å². The minimum absolute atomic E-state index is 0.0588. The summed E-state index contributed by atoms with van der Waals surface area (Å²) in [5, 5.41) is 9.80. The number of carbonyl (C=O) groups is 1. The van der Waals surface area contributed by atoms with Crippen LogP contribution in [0.1, 0.15) is 24.2 Å². The fraction of sp³-hybridized carbons (Fsp3) is 0.200. The lowest BCUT2D eigenvalue weighted by Gasteiger charge is -2.14. The fourth-order valence-electron chi connectivity index (χ4n) is 2.26. The second-order valence-corrected chi connectivity index (χ2v) is 6.13. The van der Waals surface area contributed by atoms with E-state index in [0.29, 0.717) is 10.6 Å². The minimum atomic E-state index is -0.674. The van der Waals surface area contributed by atoms with Crippen LogP contribution in [0.4, 0.5) is 5.69 Å². The highest BCUT2D eigenvalue weighted by molar-refractivity contribution is 6.31. The Labute approximate surface area is 152 Å². The van der Waals surface area contributed by atoms with Gasteiger partial charge < -0.3 is 9.64 Å². The average Bonchev–Trinajstić information content (AvgIpc) is 2.60. The van der Waals surface area contributed by atoms with Crippen molar-refractivity contribution in [1.29, 1.82) is 5.26 Å². The van der Waals surface area contributed by atoms with Gasteiger partial charge in [0, 0.05) is 30.4 Å². The van der Waals surface area contributed by atoms with E-state index < -0.39 is 12.1 Å². The van der Waals surface area contributed by atoms with Crippen LogP contribution in [0.5, 0.6) is 0 Å². The molecule has 128 valence electrons. The fourth-order valence-corrected chi connectivity index (χ4v) is 2.55. The van der Waals surface area contributed by atoms with Gasteiger partial charge in [0.05, 0.1) is 0 Å². The van der Waals surface area contributed by atoms with E-state index in [0.717, 1.165) is 11.3 Å². The molecule has 25 heavy (non-hydrogen) atoms. The lowest BCUT2D eigenvalue weighted by atomic mass is 10.1. The Hall–Kier alpha value is -2.77. The number of nitriles is 1. The Kier molecular flexibility index (Phi) is 6.21. The molecule has 1 atom stereocenters. The Balaban J connectivity index is 2.15. The minimum Gasteiger partial charge on any atom is -0.454 e. The van der Waals surface area contributed by atoms with E-state index >= 15 is 0 Å². The smallest absolute Gasteiger partial charge is 0.349 e. The first-order valence-corrected chi connectivity index (χ1v) is 8.14. The molecular formula is C20H19ClN2O2. The van der Waals surface area contributed by atoms with E-state index in [-0.39, 0.29) is 5.57 Å². The topological polar surface area (TPSA) is 53.3 Å². The number of hydrogen-bond acceptors (Lipinski definition) is 4. The van der Waals surface area contributed by atoms with E-state index in [9.17, 15) is 10.1 Å². The molecule has 0 radical (unpaired) electrons. The molecule has 0 aliphatic heterocycles. The molecule has 0 heterocycles. The van der Waals surface area contributed by atoms with Gasteiger partial charge in [-0.1, -0.05) is 41.9 Å². The summed E-state index contributed by atoms with van der Waals surface area (Å²) in [6, 6.07) is 16.6. The first-order chi connectivity index (χ1) is 11.9. The van der Waals surface area contributed by atoms with Gasteiger partial charge in [-0.3, -0.25) is 0 Å². The molecule has 2 aromatic carbocycles. The molecule has 0 N–H and O–H groups in total. The van der Waals surface area contributed by atoms with Gasteiger partial charge >= 0.3 is 5.97 Å². The number of hydrogen-bond donors (Lipinski definition) is 0. The van der Waals surface area contributed by atoms with Crippen molar-refractivity contribution in [3.63, 3.8) is 0 Å². The second kappa shape index (κ2) is 8.36. The lowest BCUT2D eigenvalue weighted by molar-refractivity contribution is -0.143. The third-order valence-corrected chi connectivity index (χ3v) is 4.03. The molecule has 0 spiro atoms. The molecule has 0 fully saturated rings. The Bertz CT molecular complexity index is 820. The number of anilines is 1. The normalized spacial score (nSPS) is 12.2. The van der Waals surface area contributed by atoms with Crippen molar-refractivity contribution >= 4 is 29.3 Å². The van der Waals surface area contributed by atoms with Gasteiger partial charge in [-0.05, 0) is 36.8 Å². The standard InChI is InChI=1S/C20H19ClN2O2/c1-14(18-6-4-5-7-19(18)21)25-20(24)16(13-22)12-15-8-10-17(11-9-15)23(2)3/h4-12,14H,1-3H3/b16-12+/t14-/m0/s1. The number of esters is 1. The van der Waals surface area contributed by atoms with Crippen molar-refractivity contribution in [1.82, 2.24) is 0 Å². The number of benzene rings is 2. The van der Waals surface area contributed by atoms with Crippen LogP contribution in [0.3, 0.4) is 0 Å². The van der Waals surface area contributed by atoms with Crippen LogP contribution in [0.25, 0.3) is 6.08 Å². The number of rotatable bonds is 5. The summed E-state index contributed by atoms with van der Waals surface area (Å²) in [5.74, 6) is -0.674. The average molecular weight is 355 g/mol. The van der Waals surface area contributed by atoms with E-state index in [2.05, 4.69) is 0 Å². The zero-order valence-corrected chi connectivity index (χ0v) is 15.1. The lowest BCUT2D eigenvalue weighted by Crippen LogP contribution is -2.11. The largest absolute Gasteiger partial charge is 0.454 e. The quantitative estimate of drug-likeness (QED) is 0.446. The second-order valence-electron chi connectivity index (χ2n) is 5.72. The molecular weight excluding hydrogens is 336 g/mol. The van der Waals surface area contributed by atoms with Crippen LogP contribution in [-0.4, -0.2) is 20.1 Å². The van der Waals surface area contributed by atoms with Gasteiger partial charge in [0.2, 0.25) is 0 Å². The maximum Gasteiger partial charge on any atom is 0.349 e. The van der Waals surface area contributed by atoms with Crippen LogP contribution in [0.15, 0.2) is 54.1 Å². The van der Waals surface area contributed by atoms with E-state index in [1.54, 1.807) is 25.1 Å². The highest BCUT2D eigenvalue weighted by atomic mass is 35.5. The molecule has 0 bridgehead atoms. The molecule has 0 unspecified atom stereocenters. The summed E-state index contributed by atoms with van der Waals surface area (Å²) < 4.78 is 5.38. The van der Waals surface area contributed by atoms with Crippen molar-refractivity contribution in [3.8, 4) is 6.07 Å². The van der Waals surface area contributed by atoms with Crippen LogP contribution >= 0.6 is 11.6 Å². The van der Waals surface area contributed by atoms with Crippen LogP contribution in [-0.2, 0) is 9.53 Å². The number of nitrogens with zero attached hydrogens (tertiary/aromatic N) is 2. The maximum atomic E-state index is 12.3. The van der Waals surface area contributed by atoms with Gasteiger partial charge in [-0.25, -0.2) is 4.79 Å². The van der Waals surface area contributed by atoms with Gasteiger partial charge in [-0.15, -0.1) is 0 Å². The molecule has 2 rings (SSSR count). The van der Waals surface area contributed by atoms with Gasteiger partial charge in [0.25, 0.3) is 0 Å². The molecule has 0 aliphatic rings. The van der Waals surface area contributed by atoms with E-state index in [4.69, 9.17) is 16.3 Å². The molecule has 4 nitrogen and oxygen atoms in total. The van der Waals surface area contributed by atoms with Crippen molar-refractivity contribution < 1.29 is 9.53 Å². The van der Waals surface area contributed by atoms with Gasteiger partial charge in [0.15, 0.2) is 0 Å². The van der Waals surface area contributed by atoms with E-state index in [1.165, 1.54) is 6.08 Å². The third kappa shape index (κ3) is 4.85. The van der Waals surface area contributed by atoms with Crippen LogP contribution in [0, 0.1) is 11.3 Å². The molecule has 0 aliphatic carbocycles. The molecule has 0 aromatic heterocycles. The van der Waals surface area contributed by atoms with Crippen LogP contribution in [0.2, 0.25) is 5.02 Å². The van der Waals surface area contributed by atoms with Gasteiger partial charge in [0.1, 0.15) is 17.7 Å². The first-order valence-electron chi connectivity index (χ1n) is 7.77. The monoisotopic (exact) mass is 354 g/mol. The summed E-state index contributed by atoms with van der Waals surface area (Å²) in [5.41, 5.74) is 2.43.